The van der Waals surface area contributed by atoms with E-state index in [1.807, 2.05) is 38.4 Å². The van der Waals surface area contributed by atoms with Crippen LogP contribution in [0.1, 0.15) is 11.1 Å². The average Bonchev–Trinajstić information content (AvgIpc) is 2.52. The van der Waals surface area contributed by atoms with Crippen LogP contribution in [0, 0.1) is 10.1 Å². The zero-order valence-corrected chi connectivity index (χ0v) is 15.2. The summed E-state index contributed by atoms with van der Waals surface area (Å²) in [4.78, 5) is 12.6. The first kappa shape index (κ1) is 18.9. The lowest BCUT2D eigenvalue weighted by atomic mass is 10.1. The van der Waals surface area contributed by atoms with Gasteiger partial charge in [0.2, 0.25) is 0 Å². The van der Waals surface area contributed by atoms with Crippen molar-refractivity contribution in [3.8, 4) is 0 Å². The molecule has 8 heteroatoms. The normalized spacial score (nSPS) is 11.5. The lowest BCUT2D eigenvalue weighted by Gasteiger charge is -2.11. The molecule has 2 rings (SSSR count). The maximum absolute atomic E-state index is 11.6. The molecule has 0 aliphatic rings. The molecule has 0 radical (unpaired) electrons. The highest BCUT2D eigenvalue weighted by Gasteiger charge is 2.18. The van der Waals surface area contributed by atoms with Crippen molar-refractivity contribution >= 4 is 21.2 Å². The Morgan fingerprint density at radius 3 is 2.20 bits per heavy atom. The summed E-state index contributed by atoms with van der Waals surface area (Å²) in [6.07, 6.45) is 1.02. The Bertz CT molecular complexity index is 862. The predicted molar refractivity (Wildman–Crippen MR) is 97.4 cm³/mol. The Morgan fingerprint density at radius 2 is 1.68 bits per heavy atom. The van der Waals surface area contributed by atoms with Crippen molar-refractivity contribution in [2.75, 3.05) is 25.7 Å². The molecular formula is C17H21N3O4S. The van der Waals surface area contributed by atoms with Gasteiger partial charge in [0.25, 0.3) is 5.69 Å². The Balaban J connectivity index is 2.16. The minimum absolute atomic E-state index is 0.0715. The second-order valence-corrected chi connectivity index (χ2v) is 8.13. The zero-order valence-electron chi connectivity index (χ0n) is 14.4. The minimum Gasteiger partial charge on any atom is -0.375 e. The third kappa shape index (κ3) is 5.27. The molecule has 0 aliphatic heterocycles. The van der Waals surface area contributed by atoms with Crippen LogP contribution in [-0.4, -0.2) is 38.6 Å². The van der Waals surface area contributed by atoms with E-state index in [1.54, 1.807) is 0 Å². The Morgan fingerprint density at radius 1 is 1.08 bits per heavy atom. The third-order valence-corrected chi connectivity index (χ3v) is 4.71. The fraction of sp³-hybridized carbons (Fsp3) is 0.294. The van der Waals surface area contributed by atoms with Crippen LogP contribution in [-0.2, 0) is 22.9 Å². The van der Waals surface area contributed by atoms with Crippen molar-refractivity contribution in [1.29, 1.82) is 0 Å². The summed E-state index contributed by atoms with van der Waals surface area (Å²) in [5.41, 5.74) is 2.18. The van der Waals surface area contributed by atoms with Crippen LogP contribution in [0.25, 0.3) is 0 Å². The summed E-state index contributed by atoms with van der Waals surface area (Å²) in [6, 6.07) is 11.8. The van der Waals surface area contributed by atoms with E-state index >= 15 is 0 Å². The third-order valence-electron chi connectivity index (χ3n) is 3.60. The number of anilines is 1. The monoisotopic (exact) mass is 363 g/mol. The summed E-state index contributed by atoms with van der Waals surface area (Å²) in [6.45, 7) is 1.24. The lowest BCUT2D eigenvalue weighted by Crippen LogP contribution is -2.10. The van der Waals surface area contributed by atoms with Gasteiger partial charge in [-0.1, -0.05) is 24.3 Å². The standard InChI is InChI=1S/C17H21N3O4S/c1-19(2)12-14-6-4-13(5-7-14)11-18-16-9-8-15(25(3,23)24)10-17(16)20(21)22/h4-10,18H,11-12H2,1-3H3. The molecule has 0 saturated carbocycles. The van der Waals surface area contributed by atoms with Gasteiger partial charge in [-0.2, -0.15) is 0 Å². The molecular weight excluding hydrogens is 342 g/mol. The molecule has 25 heavy (non-hydrogen) atoms. The molecule has 2 aromatic rings. The smallest absolute Gasteiger partial charge is 0.293 e. The number of nitrogens with one attached hydrogen (secondary N) is 1. The van der Waals surface area contributed by atoms with E-state index in [0.717, 1.165) is 24.4 Å². The van der Waals surface area contributed by atoms with Gasteiger partial charge < -0.3 is 10.2 Å². The van der Waals surface area contributed by atoms with Gasteiger partial charge >= 0.3 is 0 Å². The molecule has 0 atom stereocenters. The molecule has 0 saturated heterocycles. The van der Waals surface area contributed by atoms with Crippen LogP contribution >= 0.6 is 0 Å². The highest BCUT2D eigenvalue weighted by atomic mass is 32.2. The first-order valence-corrected chi connectivity index (χ1v) is 9.51. The highest BCUT2D eigenvalue weighted by molar-refractivity contribution is 7.90. The van der Waals surface area contributed by atoms with Gasteiger partial charge in [-0.25, -0.2) is 8.42 Å². The van der Waals surface area contributed by atoms with Gasteiger partial charge in [-0.3, -0.25) is 10.1 Å². The molecule has 134 valence electrons. The zero-order chi connectivity index (χ0) is 18.6. The second-order valence-electron chi connectivity index (χ2n) is 6.12. The molecule has 7 nitrogen and oxygen atoms in total. The number of sulfone groups is 1. The van der Waals surface area contributed by atoms with E-state index in [4.69, 9.17) is 0 Å². The quantitative estimate of drug-likeness (QED) is 0.600. The fourth-order valence-corrected chi connectivity index (χ4v) is 3.01. The van der Waals surface area contributed by atoms with Crippen molar-refractivity contribution in [1.82, 2.24) is 4.90 Å². The van der Waals surface area contributed by atoms with Crippen molar-refractivity contribution < 1.29 is 13.3 Å². The molecule has 0 unspecified atom stereocenters. The number of hydrogen-bond donors (Lipinski definition) is 1. The van der Waals surface area contributed by atoms with Crippen LogP contribution in [0.15, 0.2) is 47.4 Å². The van der Waals surface area contributed by atoms with Gasteiger partial charge in [0, 0.05) is 25.4 Å². The molecule has 2 aromatic carbocycles. The number of rotatable bonds is 7. The van der Waals surface area contributed by atoms with Gasteiger partial charge in [0.05, 0.1) is 9.82 Å². The van der Waals surface area contributed by atoms with Crippen LogP contribution in [0.4, 0.5) is 11.4 Å². The Labute approximate surface area is 147 Å². The predicted octanol–water partition coefficient (Wildman–Crippen LogP) is 2.67. The second kappa shape index (κ2) is 7.62. The topological polar surface area (TPSA) is 92.6 Å². The number of nitro groups is 1. The van der Waals surface area contributed by atoms with Gasteiger partial charge in [0.1, 0.15) is 5.69 Å². The largest absolute Gasteiger partial charge is 0.375 e. The van der Waals surface area contributed by atoms with Crippen LogP contribution in [0.2, 0.25) is 0 Å². The molecule has 1 N–H and O–H groups in total. The van der Waals surface area contributed by atoms with E-state index in [-0.39, 0.29) is 16.3 Å². The van der Waals surface area contributed by atoms with Gasteiger partial charge in [0.15, 0.2) is 9.84 Å². The summed E-state index contributed by atoms with van der Waals surface area (Å²) >= 11 is 0. The van der Waals surface area contributed by atoms with E-state index in [1.165, 1.54) is 17.7 Å². The maximum Gasteiger partial charge on any atom is 0.293 e. The van der Waals surface area contributed by atoms with Crippen molar-refractivity contribution in [3.63, 3.8) is 0 Å². The summed E-state index contributed by atoms with van der Waals surface area (Å²) in [5, 5.41) is 14.2. The molecule has 0 aromatic heterocycles. The maximum atomic E-state index is 11.6. The Kier molecular flexibility index (Phi) is 5.76. The van der Waals surface area contributed by atoms with Gasteiger partial charge in [-0.05, 0) is 37.4 Å². The summed E-state index contributed by atoms with van der Waals surface area (Å²) in [5.74, 6) is 0. The molecule has 0 heterocycles. The van der Waals surface area contributed by atoms with Crippen LogP contribution in [0.5, 0.6) is 0 Å². The molecule has 0 amide bonds. The molecule has 0 bridgehead atoms. The minimum atomic E-state index is -3.49. The van der Waals surface area contributed by atoms with E-state index < -0.39 is 14.8 Å². The first-order valence-electron chi connectivity index (χ1n) is 7.62. The van der Waals surface area contributed by atoms with E-state index in [2.05, 4.69) is 10.2 Å². The summed E-state index contributed by atoms with van der Waals surface area (Å²) in [7, 11) is 0.496. The van der Waals surface area contributed by atoms with E-state index in [9.17, 15) is 18.5 Å². The van der Waals surface area contributed by atoms with Gasteiger partial charge in [-0.15, -0.1) is 0 Å². The van der Waals surface area contributed by atoms with Crippen molar-refractivity contribution in [2.24, 2.45) is 0 Å². The van der Waals surface area contributed by atoms with Crippen molar-refractivity contribution in [3.05, 3.63) is 63.7 Å². The number of benzene rings is 2. The lowest BCUT2D eigenvalue weighted by molar-refractivity contribution is -0.384. The number of nitrogens with zero attached hydrogens (tertiary/aromatic N) is 2. The van der Waals surface area contributed by atoms with Crippen LogP contribution < -0.4 is 5.32 Å². The molecule has 0 aliphatic carbocycles. The van der Waals surface area contributed by atoms with Crippen LogP contribution in [0.3, 0.4) is 0 Å². The van der Waals surface area contributed by atoms with E-state index in [0.29, 0.717) is 6.54 Å². The number of hydrogen-bond acceptors (Lipinski definition) is 6. The SMILES string of the molecule is CN(C)Cc1ccc(CNc2ccc(S(C)(=O)=O)cc2[N+](=O)[O-])cc1. The Hall–Kier alpha value is -2.45. The average molecular weight is 363 g/mol. The molecule has 0 fully saturated rings. The molecule has 0 spiro atoms. The number of nitro benzene ring substituents is 1. The highest BCUT2D eigenvalue weighted by Crippen LogP contribution is 2.28. The summed E-state index contributed by atoms with van der Waals surface area (Å²) < 4.78 is 23.1. The van der Waals surface area contributed by atoms with Crippen molar-refractivity contribution in [2.45, 2.75) is 18.0 Å². The first-order chi connectivity index (χ1) is 11.7. The fourth-order valence-electron chi connectivity index (χ4n) is 2.37.